The number of halogens is 1. The summed E-state index contributed by atoms with van der Waals surface area (Å²) in [7, 11) is 0. The molecule has 0 amide bonds. The summed E-state index contributed by atoms with van der Waals surface area (Å²) >= 11 is 0. The lowest BCUT2D eigenvalue weighted by Crippen LogP contribution is -2.01. The second-order valence-corrected chi connectivity index (χ2v) is 2.83. The van der Waals surface area contributed by atoms with E-state index in [1.807, 2.05) is 24.3 Å². The smallest absolute Gasteiger partial charge is 0.330 e. The summed E-state index contributed by atoms with van der Waals surface area (Å²) < 4.78 is 4.86. The molecular weight excluding hydrogens is 214 g/mol. The van der Waals surface area contributed by atoms with Gasteiger partial charge in [-0.15, -0.1) is 12.4 Å². The van der Waals surface area contributed by atoms with Crippen molar-refractivity contribution < 1.29 is 9.53 Å². The summed E-state index contributed by atoms with van der Waals surface area (Å²) in [5.41, 5.74) is 7.45. The standard InChI is InChI=1S/C11H13NO2.ClH/c1-2-11(13)14-8-10-5-3-9(7-12)4-6-10;/h2-6H,1,7-8,12H2;1H. The Labute approximate surface area is 95.3 Å². The van der Waals surface area contributed by atoms with Crippen LogP contribution < -0.4 is 5.73 Å². The molecule has 0 aromatic heterocycles. The van der Waals surface area contributed by atoms with Gasteiger partial charge in [0.05, 0.1) is 0 Å². The minimum Gasteiger partial charge on any atom is -0.458 e. The maximum Gasteiger partial charge on any atom is 0.330 e. The molecule has 2 N–H and O–H groups in total. The summed E-state index contributed by atoms with van der Waals surface area (Å²) in [4.78, 5) is 10.7. The molecule has 0 aliphatic rings. The molecule has 0 saturated heterocycles. The first-order valence-electron chi connectivity index (χ1n) is 4.33. The van der Waals surface area contributed by atoms with Crippen molar-refractivity contribution in [1.82, 2.24) is 0 Å². The van der Waals surface area contributed by atoms with Crippen molar-refractivity contribution in [2.24, 2.45) is 5.73 Å². The average Bonchev–Trinajstić information content (AvgIpc) is 2.26. The topological polar surface area (TPSA) is 52.3 Å². The van der Waals surface area contributed by atoms with Crippen molar-refractivity contribution in [2.75, 3.05) is 0 Å². The average molecular weight is 228 g/mol. The van der Waals surface area contributed by atoms with Gasteiger partial charge in [0, 0.05) is 12.6 Å². The lowest BCUT2D eigenvalue weighted by molar-refractivity contribution is -0.138. The van der Waals surface area contributed by atoms with Crippen LogP contribution in [0.4, 0.5) is 0 Å². The molecule has 0 bridgehead atoms. The number of benzene rings is 1. The summed E-state index contributed by atoms with van der Waals surface area (Å²) in [6.45, 7) is 4.10. The second kappa shape index (κ2) is 7.04. The lowest BCUT2D eigenvalue weighted by atomic mass is 10.1. The van der Waals surface area contributed by atoms with Gasteiger partial charge in [0.2, 0.25) is 0 Å². The van der Waals surface area contributed by atoms with E-state index in [9.17, 15) is 4.79 Å². The molecule has 0 fully saturated rings. The van der Waals surface area contributed by atoms with Crippen molar-refractivity contribution in [2.45, 2.75) is 13.2 Å². The number of hydrogen-bond acceptors (Lipinski definition) is 3. The highest BCUT2D eigenvalue weighted by Crippen LogP contribution is 2.05. The van der Waals surface area contributed by atoms with Crippen molar-refractivity contribution >= 4 is 18.4 Å². The predicted molar refractivity (Wildman–Crippen MR) is 61.6 cm³/mol. The molecule has 1 rings (SSSR count). The van der Waals surface area contributed by atoms with E-state index in [-0.39, 0.29) is 19.0 Å². The van der Waals surface area contributed by atoms with Crippen molar-refractivity contribution in [1.29, 1.82) is 0 Å². The predicted octanol–water partition coefficient (Wildman–Crippen LogP) is 1.80. The van der Waals surface area contributed by atoms with Crippen LogP contribution in [0.15, 0.2) is 36.9 Å². The van der Waals surface area contributed by atoms with Crippen LogP contribution in [-0.4, -0.2) is 5.97 Å². The van der Waals surface area contributed by atoms with E-state index >= 15 is 0 Å². The molecule has 1 aromatic carbocycles. The largest absolute Gasteiger partial charge is 0.458 e. The maximum absolute atomic E-state index is 10.7. The zero-order valence-electron chi connectivity index (χ0n) is 8.31. The first kappa shape index (κ1) is 13.7. The zero-order valence-corrected chi connectivity index (χ0v) is 9.13. The van der Waals surface area contributed by atoms with Crippen LogP contribution in [0.3, 0.4) is 0 Å². The fourth-order valence-corrected chi connectivity index (χ4v) is 0.985. The molecular formula is C11H14ClNO2. The van der Waals surface area contributed by atoms with Gasteiger partial charge < -0.3 is 10.5 Å². The Balaban J connectivity index is 0.00000196. The molecule has 0 aliphatic heterocycles. The monoisotopic (exact) mass is 227 g/mol. The Bertz CT molecular complexity index is 322. The Kier molecular flexibility index (Phi) is 6.42. The third kappa shape index (κ3) is 4.63. The lowest BCUT2D eigenvalue weighted by Gasteiger charge is -2.02. The highest BCUT2D eigenvalue weighted by Gasteiger charge is 1.97. The minimum atomic E-state index is -0.409. The summed E-state index contributed by atoms with van der Waals surface area (Å²) in [5.74, 6) is -0.409. The van der Waals surface area contributed by atoms with E-state index in [1.165, 1.54) is 0 Å². The summed E-state index contributed by atoms with van der Waals surface area (Å²) in [6, 6.07) is 7.60. The van der Waals surface area contributed by atoms with Gasteiger partial charge in [0.1, 0.15) is 6.61 Å². The molecule has 0 saturated carbocycles. The molecule has 1 aromatic rings. The van der Waals surface area contributed by atoms with E-state index in [4.69, 9.17) is 10.5 Å². The number of nitrogens with two attached hydrogens (primary N) is 1. The van der Waals surface area contributed by atoms with Gasteiger partial charge in [-0.2, -0.15) is 0 Å². The first-order valence-corrected chi connectivity index (χ1v) is 4.33. The fourth-order valence-electron chi connectivity index (χ4n) is 0.985. The van der Waals surface area contributed by atoms with Crippen molar-refractivity contribution in [3.63, 3.8) is 0 Å². The van der Waals surface area contributed by atoms with E-state index < -0.39 is 5.97 Å². The van der Waals surface area contributed by atoms with Crippen LogP contribution in [0, 0.1) is 0 Å². The van der Waals surface area contributed by atoms with E-state index in [1.54, 1.807) is 0 Å². The Morgan fingerprint density at radius 1 is 1.33 bits per heavy atom. The number of ether oxygens (including phenoxy) is 1. The number of esters is 1. The quantitative estimate of drug-likeness (QED) is 0.630. The highest BCUT2D eigenvalue weighted by atomic mass is 35.5. The Morgan fingerprint density at radius 3 is 2.33 bits per heavy atom. The summed E-state index contributed by atoms with van der Waals surface area (Å²) in [5, 5.41) is 0. The van der Waals surface area contributed by atoms with Crippen molar-refractivity contribution in [3.8, 4) is 0 Å². The number of rotatable bonds is 4. The zero-order chi connectivity index (χ0) is 10.4. The van der Waals surface area contributed by atoms with Crippen LogP contribution in [0.1, 0.15) is 11.1 Å². The normalized spacial score (nSPS) is 8.87. The number of carbonyl (C=O) groups excluding carboxylic acids is 1. The van der Waals surface area contributed by atoms with Crippen molar-refractivity contribution in [3.05, 3.63) is 48.0 Å². The molecule has 0 unspecified atom stereocenters. The van der Waals surface area contributed by atoms with Gasteiger partial charge in [-0.1, -0.05) is 30.8 Å². The third-order valence-electron chi connectivity index (χ3n) is 1.81. The van der Waals surface area contributed by atoms with Gasteiger partial charge in [0.25, 0.3) is 0 Å². The first-order chi connectivity index (χ1) is 6.76. The van der Waals surface area contributed by atoms with Crippen LogP contribution >= 0.6 is 12.4 Å². The van der Waals surface area contributed by atoms with Crippen LogP contribution in [-0.2, 0) is 22.7 Å². The molecule has 82 valence electrons. The molecule has 4 heteroatoms. The molecule has 0 heterocycles. The molecule has 3 nitrogen and oxygen atoms in total. The van der Waals surface area contributed by atoms with Gasteiger partial charge >= 0.3 is 5.97 Å². The molecule has 0 spiro atoms. The van der Waals surface area contributed by atoms with Crippen LogP contribution in [0.25, 0.3) is 0 Å². The minimum absolute atomic E-state index is 0. The Hall–Kier alpha value is -1.32. The molecule has 0 aliphatic carbocycles. The fraction of sp³-hybridized carbons (Fsp3) is 0.182. The van der Waals surface area contributed by atoms with Crippen LogP contribution in [0.5, 0.6) is 0 Å². The van der Waals surface area contributed by atoms with E-state index in [2.05, 4.69) is 6.58 Å². The summed E-state index contributed by atoms with van der Waals surface area (Å²) in [6.07, 6.45) is 1.15. The Morgan fingerprint density at radius 2 is 1.87 bits per heavy atom. The van der Waals surface area contributed by atoms with E-state index in [0.717, 1.165) is 17.2 Å². The molecule has 0 atom stereocenters. The second-order valence-electron chi connectivity index (χ2n) is 2.83. The molecule has 0 radical (unpaired) electrons. The number of hydrogen-bond donors (Lipinski definition) is 1. The van der Waals surface area contributed by atoms with Gasteiger partial charge in [-0.25, -0.2) is 4.79 Å². The van der Waals surface area contributed by atoms with E-state index in [0.29, 0.717) is 6.54 Å². The van der Waals surface area contributed by atoms with Gasteiger partial charge in [0.15, 0.2) is 0 Å². The van der Waals surface area contributed by atoms with Gasteiger partial charge in [-0.3, -0.25) is 0 Å². The SMILES string of the molecule is C=CC(=O)OCc1ccc(CN)cc1.Cl. The molecule has 15 heavy (non-hydrogen) atoms. The number of carbonyl (C=O) groups is 1. The highest BCUT2D eigenvalue weighted by molar-refractivity contribution is 5.85. The third-order valence-corrected chi connectivity index (χ3v) is 1.81. The van der Waals surface area contributed by atoms with Gasteiger partial charge in [-0.05, 0) is 11.1 Å². The maximum atomic E-state index is 10.7. The van der Waals surface area contributed by atoms with Crippen LogP contribution in [0.2, 0.25) is 0 Å².